The molecule has 0 unspecified atom stereocenters. The van der Waals surface area contributed by atoms with Crippen molar-refractivity contribution in [2.24, 2.45) is 0 Å². The fraction of sp³-hybridized carbons (Fsp3) is 0.167. The maximum atomic E-state index is 12.0. The molecule has 0 radical (unpaired) electrons. The topological polar surface area (TPSA) is 62.3 Å². The van der Waals surface area contributed by atoms with E-state index in [2.05, 4.69) is 10.3 Å². The van der Waals surface area contributed by atoms with Gasteiger partial charge in [0.25, 0.3) is 0 Å². The molecular weight excluding hydrogens is 290 g/mol. The van der Waals surface area contributed by atoms with Crippen LogP contribution in [0.25, 0.3) is 6.08 Å². The smallest absolute Gasteiger partial charge is 0.248 e. The fourth-order valence-electron chi connectivity index (χ4n) is 2.64. The van der Waals surface area contributed by atoms with Crippen LogP contribution < -0.4 is 10.2 Å². The van der Waals surface area contributed by atoms with Crippen molar-refractivity contribution in [1.29, 1.82) is 0 Å². The zero-order valence-corrected chi connectivity index (χ0v) is 12.8. The van der Waals surface area contributed by atoms with Crippen LogP contribution in [0.1, 0.15) is 18.1 Å². The first kappa shape index (κ1) is 15.0. The van der Waals surface area contributed by atoms with E-state index in [0.29, 0.717) is 6.54 Å². The Morgan fingerprint density at radius 3 is 2.74 bits per heavy atom. The number of aromatic nitrogens is 1. The Bertz CT molecular complexity index is 769. The maximum Gasteiger partial charge on any atom is 0.248 e. The predicted molar refractivity (Wildman–Crippen MR) is 90.1 cm³/mol. The molecule has 1 aromatic carbocycles. The number of hydrogen-bond donors (Lipinski definition) is 1. The summed E-state index contributed by atoms with van der Waals surface area (Å²) < 4.78 is 0. The number of carbonyl (C=O) groups is 2. The molecule has 1 aliphatic rings. The summed E-state index contributed by atoms with van der Waals surface area (Å²) in [7, 11) is 0. The van der Waals surface area contributed by atoms with Gasteiger partial charge in [0.2, 0.25) is 11.8 Å². The zero-order valence-electron chi connectivity index (χ0n) is 12.8. The van der Waals surface area contributed by atoms with Crippen LogP contribution >= 0.6 is 0 Å². The molecule has 0 saturated carbocycles. The number of pyridine rings is 1. The van der Waals surface area contributed by atoms with Crippen molar-refractivity contribution in [3.63, 3.8) is 0 Å². The van der Waals surface area contributed by atoms with Gasteiger partial charge in [-0.3, -0.25) is 14.6 Å². The molecule has 2 heterocycles. The number of benzene rings is 1. The van der Waals surface area contributed by atoms with Crippen molar-refractivity contribution in [2.75, 3.05) is 16.8 Å². The Labute approximate surface area is 134 Å². The maximum absolute atomic E-state index is 12.0. The highest BCUT2D eigenvalue weighted by molar-refractivity contribution is 6.02. The second kappa shape index (κ2) is 6.44. The number of hydrogen-bond acceptors (Lipinski definition) is 3. The lowest BCUT2D eigenvalue weighted by atomic mass is 10.1. The highest BCUT2D eigenvalue weighted by Gasteiger charge is 2.22. The molecule has 0 spiro atoms. The van der Waals surface area contributed by atoms with Crippen molar-refractivity contribution < 1.29 is 9.59 Å². The van der Waals surface area contributed by atoms with Crippen molar-refractivity contribution in [2.45, 2.75) is 13.3 Å². The highest BCUT2D eigenvalue weighted by Crippen LogP contribution is 2.30. The summed E-state index contributed by atoms with van der Waals surface area (Å²) in [5.41, 5.74) is 3.67. The quantitative estimate of drug-likeness (QED) is 0.887. The van der Waals surface area contributed by atoms with Crippen molar-refractivity contribution in [3.8, 4) is 0 Å². The van der Waals surface area contributed by atoms with E-state index in [9.17, 15) is 9.59 Å². The minimum absolute atomic E-state index is 0.0424. The molecule has 0 atom stereocenters. The number of nitrogens with zero attached hydrogens (tertiary/aromatic N) is 2. The second-order valence-corrected chi connectivity index (χ2v) is 5.37. The Kier molecular flexibility index (Phi) is 4.19. The van der Waals surface area contributed by atoms with Gasteiger partial charge in [0, 0.05) is 43.3 Å². The predicted octanol–water partition coefficient (Wildman–Crippen LogP) is 2.64. The third-order valence-corrected chi connectivity index (χ3v) is 3.76. The van der Waals surface area contributed by atoms with Gasteiger partial charge in [-0.25, -0.2) is 0 Å². The van der Waals surface area contributed by atoms with Crippen molar-refractivity contribution in [3.05, 3.63) is 59.9 Å². The Balaban J connectivity index is 1.68. The van der Waals surface area contributed by atoms with E-state index >= 15 is 0 Å². The summed E-state index contributed by atoms with van der Waals surface area (Å²) in [6, 6.07) is 9.28. The molecule has 0 aliphatic carbocycles. The van der Waals surface area contributed by atoms with Crippen LogP contribution in [0.4, 0.5) is 11.4 Å². The van der Waals surface area contributed by atoms with Crippen molar-refractivity contribution in [1.82, 2.24) is 4.98 Å². The SMILES string of the molecule is CC(=O)N1CCc2cc(NC(=O)/C=C/c3ccncc3)ccc21. The van der Waals surface area contributed by atoms with Gasteiger partial charge < -0.3 is 10.2 Å². The lowest BCUT2D eigenvalue weighted by Gasteiger charge is -2.14. The lowest BCUT2D eigenvalue weighted by Crippen LogP contribution is -2.25. The van der Waals surface area contributed by atoms with Gasteiger partial charge in [-0.1, -0.05) is 0 Å². The molecule has 1 aromatic heterocycles. The molecule has 0 saturated heterocycles. The molecule has 116 valence electrons. The van der Waals surface area contributed by atoms with E-state index in [4.69, 9.17) is 0 Å². The van der Waals surface area contributed by atoms with Gasteiger partial charge in [0.1, 0.15) is 0 Å². The van der Waals surface area contributed by atoms with Crippen LogP contribution in [0.15, 0.2) is 48.8 Å². The third-order valence-electron chi connectivity index (χ3n) is 3.76. The summed E-state index contributed by atoms with van der Waals surface area (Å²) in [4.78, 5) is 29.2. The van der Waals surface area contributed by atoms with Gasteiger partial charge in [-0.2, -0.15) is 0 Å². The molecule has 2 amide bonds. The highest BCUT2D eigenvalue weighted by atomic mass is 16.2. The third kappa shape index (κ3) is 3.45. The number of fused-ring (bicyclic) bond motifs is 1. The summed E-state index contributed by atoms with van der Waals surface area (Å²) in [6.45, 7) is 2.26. The Morgan fingerprint density at radius 2 is 2.00 bits per heavy atom. The molecule has 1 N–H and O–H groups in total. The molecule has 23 heavy (non-hydrogen) atoms. The van der Waals surface area contributed by atoms with Crippen LogP contribution in [0.5, 0.6) is 0 Å². The number of amides is 2. The van der Waals surface area contributed by atoms with E-state index in [1.807, 2.05) is 30.3 Å². The normalized spacial score (nSPS) is 13.2. The second-order valence-electron chi connectivity index (χ2n) is 5.37. The van der Waals surface area contributed by atoms with E-state index in [1.54, 1.807) is 30.3 Å². The van der Waals surface area contributed by atoms with Gasteiger partial charge in [0.15, 0.2) is 0 Å². The molecule has 0 bridgehead atoms. The number of carbonyl (C=O) groups excluding carboxylic acids is 2. The average Bonchev–Trinajstić information content (AvgIpc) is 2.97. The van der Waals surface area contributed by atoms with Crippen LogP contribution in [-0.4, -0.2) is 23.3 Å². The molecule has 1 aliphatic heterocycles. The van der Waals surface area contributed by atoms with Crippen LogP contribution in [0, 0.1) is 0 Å². The average molecular weight is 307 g/mol. The van der Waals surface area contributed by atoms with E-state index in [1.165, 1.54) is 6.08 Å². The fourth-order valence-corrected chi connectivity index (χ4v) is 2.64. The van der Waals surface area contributed by atoms with Gasteiger partial charge in [-0.05, 0) is 54.0 Å². The molecule has 2 aromatic rings. The summed E-state index contributed by atoms with van der Waals surface area (Å²) in [6.07, 6.45) is 7.40. The zero-order chi connectivity index (χ0) is 16.2. The lowest BCUT2D eigenvalue weighted by molar-refractivity contribution is -0.116. The minimum atomic E-state index is -0.191. The molecule has 3 rings (SSSR count). The minimum Gasteiger partial charge on any atom is -0.323 e. The molecule has 0 fully saturated rings. The summed E-state index contributed by atoms with van der Waals surface area (Å²) in [5.74, 6) is -0.149. The van der Waals surface area contributed by atoms with Crippen molar-refractivity contribution >= 4 is 29.3 Å². The number of nitrogens with one attached hydrogen (secondary N) is 1. The molecule has 5 heteroatoms. The summed E-state index contributed by atoms with van der Waals surface area (Å²) >= 11 is 0. The number of rotatable bonds is 3. The Hall–Kier alpha value is -2.95. The molecule has 5 nitrogen and oxygen atoms in total. The van der Waals surface area contributed by atoms with E-state index < -0.39 is 0 Å². The summed E-state index contributed by atoms with van der Waals surface area (Å²) in [5, 5.41) is 2.84. The molecular formula is C18H17N3O2. The van der Waals surface area contributed by atoms with Crippen LogP contribution in [0.3, 0.4) is 0 Å². The Morgan fingerprint density at radius 1 is 1.22 bits per heavy atom. The number of anilines is 2. The van der Waals surface area contributed by atoms with Crippen LogP contribution in [0.2, 0.25) is 0 Å². The first-order chi connectivity index (χ1) is 11.1. The van der Waals surface area contributed by atoms with Gasteiger partial charge in [0.05, 0.1) is 0 Å². The largest absolute Gasteiger partial charge is 0.323 e. The van der Waals surface area contributed by atoms with Crippen LogP contribution in [-0.2, 0) is 16.0 Å². The first-order valence-electron chi connectivity index (χ1n) is 7.43. The van der Waals surface area contributed by atoms with Gasteiger partial charge >= 0.3 is 0 Å². The first-order valence-corrected chi connectivity index (χ1v) is 7.43. The van der Waals surface area contributed by atoms with E-state index in [0.717, 1.165) is 28.9 Å². The van der Waals surface area contributed by atoms with E-state index in [-0.39, 0.29) is 11.8 Å². The van der Waals surface area contributed by atoms with Gasteiger partial charge in [-0.15, -0.1) is 0 Å². The monoisotopic (exact) mass is 307 g/mol. The standard InChI is InChI=1S/C18H17N3O2/c1-13(22)21-11-8-15-12-16(3-4-17(15)21)20-18(23)5-2-14-6-9-19-10-7-14/h2-7,9-10,12H,8,11H2,1H3,(H,20,23)/b5-2+.